The van der Waals surface area contributed by atoms with Gasteiger partial charge in [-0.3, -0.25) is 9.59 Å². The van der Waals surface area contributed by atoms with Gasteiger partial charge in [0.05, 0.1) is 6.04 Å². The molecule has 0 fully saturated rings. The molecule has 164 valence electrons. The summed E-state index contributed by atoms with van der Waals surface area (Å²) in [5.74, 6) is -0.379. The van der Waals surface area contributed by atoms with Crippen molar-refractivity contribution in [2.75, 3.05) is 11.9 Å². The molecule has 0 saturated carbocycles. The van der Waals surface area contributed by atoms with Crippen molar-refractivity contribution in [2.45, 2.75) is 45.9 Å². The van der Waals surface area contributed by atoms with E-state index in [2.05, 4.69) is 10.6 Å². The van der Waals surface area contributed by atoms with E-state index in [0.717, 1.165) is 17.5 Å². The molecule has 2 N–H and O–H groups in total. The summed E-state index contributed by atoms with van der Waals surface area (Å²) in [6, 6.07) is 14.2. The van der Waals surface area contributed by atoms with Crippen molar-refractivity contribution in [1.29, 1.82) is 0 Å². The molecule has 31 heavy (non-hydrogen) atoms. The number of alkyl carbamates (subject to hydrolysis) is 1. The summed E-state index contributed by atoms with van der Waals surface area (Å²) in [7, 11) is 1.57. The lowest BCUT2D eigenvalue weighted by atomic mass is 9.80. The predicted octanol–water partition coefficient (Wildman–Crippen LogP) is 3.79. The van der Waals surface area contributed by atoms with Crippen LogP contribution in [0.5, 0.6) is 0 Å². The molecule has 7 nitrogen and oxygen atoms in total. The Hall–Kier alpha value is -3.35. The average molecular weight is 424 g/mol. The number of fused-ring (bicyclic) bond motifs is 1. The minimum atomic E-state index is -0.539. The highest BCUT2D eigenvalue weighted by Gasteiger charge is 2.40. The Bertz CT molecular complexity index is 961. The molecule has 1 aliphatic heterocycles. The zero-order valence-corrected chi connectivity index (χ0v) is 18.3. The lowest BCUT2D eigenvalue weighted by Gasteiger charge is -2.45. The van der Waals surface area contributed by atoms with E-state index in [-0.39, 0.29) is 30.4 Å². The smallest absolute Gasteiger partial charge is 0.407 e. The van der Waals surface area contributed by atoms with E-state index in [1.54, 1.807) is 30.1 Å². The Morgan fingerprint density at radius 2 is 1.81 bits per heavy atom. The fraction of sp³-hybridized carbons (Fsp3) is 0.375. The third-order valence-electron chi connectivity index (χ3n) is 5.82. The van der Waals surface area contributed by atoms with Gasteiger partial charge in [0.1, 0.15) is 6.61 Å². The molecule has 3 amide bonds. The van der Waals surface area contributed by atoms with Gasteiger partial charge in [-0.2, -0.15) is 0 Å². The molecule has 0 bridgehead atoms. The zero-order valence-electron chi connectivity index (χ0n) is 18.3. The van der Waals surface area contributed by atoms with E-state index in [9.17, 15) is 14.4 Å². The molecule has 1 heterocycles. The number of carbonyl (C=O) groups excluding carboxylic acids is 3. The molecule has 0 saturated heterocycles. The number of nitrogens with one attached hydrogen (secondary N) is 2. The van der Waals surface area contributed by atoms with E-state index in [0.29, 0.717) is 11.3 Å². The third-order valence-corrected chi connectivity index (χ3v) is 5.82. The first-order valence-electron chi connectivity index (χ1n) is 10.5. The van der Waals surface area contributed by atoms with Crippen molar-refractivity contribution >= 4 is 23.6 Å². The van der Waals surface area contributed by atoms with Crippen LogP contribution in [0.2, 0.25) is 0 Å². The summed E-state index contributed by atoms with van der Waals surface area (Å²) in [6.07, 6.45) is 0.192. The molecule has 3 rings (SSSR count). The van der Waals surface area contributed by atoms with Crippen LogP contribution in [-0.4, -0.2) is 31.0 Å². The van der Waals surface area contributed by atoms with Crippen molar-refractivity contribution in [3.8, 4) is 0 Å². The number of ether oxygens (including phenoxy) is 1. The molecular formula is C24H29N3O4. The number of anilines is 1. The second kappa shape index (κ2) is 9.64. The monoisotopic (exact) mass is 423 g/mol. The van der Waals surface area contributed by atoms with Gasteiger partial charge in [0.25, 0.3) is 5.91 Å². The maximum atomic E-state index is 12.6. The first-order valence-corrected chi connectivity index (χ1v) is 10.5. The van der Waals surface area contributed by atoms with Crippen LogP contribution in [0.15, 0.2) is 48.5 Å². The van der Waals surface area contributed by atoms with E-state index in [1.165, 1.54) is 6.92 Å². The first kappa shape index (κ1) is 22.3. The van der Waals surface area contributed by atoms with E-state index < -0.39 is 12.1 Å². The van der Waals surface area contributed by atoms with Crippen molar-refractivity contribution in [1.82, 2.24) is 10.6 Å². The molecule has 0 aliphatic carbocycles. The Morgan fingerprint density at radius 1 is 1.10 bits per heavy atom. The number of benzene rings is 2. The molecule has 1 aliphatic rings. The van der Waals surface area contributed by atoms with Gasteiger partial charge in [-0.05, 0) is 35.7 Å². The lowest BCUT2D eigenvalue weighted by Crippen LogP contribution is -2.51. The third kappa shape index (κ3) is 4.71. The molecule has 3 unspecified atom stereocenters. The molecule has 0 aromatic heterocycles. The van der Waals surface area contributed by atoms with Gasteiger partial charge in [0, 0.05) is 37.2 Å². The van der Waals surface area contributed by atoms with Crippen molar-refractivity contribution in [2.24, 2.45) is 5.92 Å². The summed E-state index contributed by atoms with van der Waals surface area (Å²) in [5, 5.41) is 5.59. The van der Waals surface area contributed by atoms with Gasteiger partial charge >= 0.3 is 6.09 Å². The molecule has 0 spiro atoms. The summed E-state index contributed by atoms with van der Waals surface area (Å²) < 4.78 is 5.43. The van der Waals surface area contributed by atoms with Gasteiger partial charge in [-0.15, -0.1) is 0 Å². The van der Waals surface area contributed by atoms with Gasteiger partial charge in [0.15, 0.2) is 0 Å². The van der Waals surface area contributed by atoms with Crippen LogP contribution in [0.25, 0.3) is 0 Å². The zero-order chi connectivity index (χ0) is 22.5. The number of amides is 3. The Kier molecular flexibility index (Phi) is 6.95. The summed E-state index contributed by atoms with van der Waals surface area (Å²) in [5.41, 5.74) is 2.80. The summed E-state index contributed by atoms with van der Waals surface area (Å²) in [4.78, 5) is 39.1. The first-order chi connectivity index (χ1) is 14.9. The van der Waals surface area contributed by atoms with E-state index in [4.69, 9.17) is 4.74 Å². The fourth-order valence-electron chi connectivity index (χ4n) is 4.29. The van der Waals surface area contributed by atoms with Gasteiger partial charge in [0.2, 0.25) is 5.91 Å². The minimum Gasteiger partial charge on any atom is -0.445 e. The number of hydrogen-bond acceptors (Lipinski definition) is 4. The van der Waals surface area contributed by atoms with Crippen molar-refractivity contribution < 1.29 is 19.1 Å². The molecule has 2 aromatic rings. The standard InChI is InChI=1S/C24H29N3O4/c1-5-20-15(2)22(26-24(30)31-14-17-9-7-6-8-10-17)19-13-18(23(29)25-4)11-12-21(19)27(20)16(3)28/h6-13,15,20,22H,5,14H2,1-4H3,(H,25,29)(H,26,30). The quantitative estimate of drug-likeness (QED) is 0.766. The SMILES string of the molecule is CCC1C(C)C(NC(=O)OCc2ccccc2)c2cc(C(=O)NC)ccc2N1C(C)=O. The maximum absolute atomic E-state index is 12.6. The Balaban J connectivity index is 1.92. The largest absolute Gasteiger partial charge is 0.445 e. The van der Waals surface area contributed by atoms with Crippen LogP contribution in [0.1, 0.15) is 54.7 Å². The number of rotatable bonds is 5. The van der Waals surface area contributed by atoms with E-state index in [1.807, 2.05) is 44.2 Å². The van der Waals surface area contributed by atoms with Gasteiger partial charge < -0.3 is 20.3 Å². The maximum Gasteiger partial charge on any atom is 0.407 e. The fourth-order valence-corrected chi connectivity index (χ4v) is 4.29. The number of nitrogens with zero attached hydrogens (tertiary/aromatic N) is 1. The van der Waals surface area contributed by atoms with Crippen LogP contribution in [0, 0.1) is 5.92 Å². The van der Waals surface area contributed by atoms with Crippen LogP contribution < -0.4 is 15.5 Å². The molecule has 3 atom stereocenters. The second-order valence-electron chi connectivity index (χ2n) is 7.76. The minimum absolute atomic E-state index is 0.0715. The van der Waals surface area contributed by atoms with Crippen molar-refractivity contribution in [3.05, 3.63) is 65.2 Å². The lowest BCUT2D eigenvalue weighted by molar-refractivity contribution is -0.117. The van der Waals surface area contributed by atoms with Crippen LogP contribution in [0.3, 0.4) is 0 Å². The summed E-state index contributed by atoms with van der Waals surface area (Å²) >= 11 is 0. The molecule has 2 aromatic carbocycles. The second-order valence-corrected chi connectivity index (χ2v) is 7.76. The predicted molar refractivity (Wildman–Crippen MR) is 119 cm³/mol. The molecular weight excluding hydrogens is 394 g/mol. The van der Waals surface area contributed by atoms with E-state index >= 15 is 0 Å². The Labute approximate surface area is 182 Å². The van der Waals surface area contributed by atoms with Crippen LogP contribution >= 0.6 is 0 Å². The van der Waals surface area contributed by atoms with Gasteiger partial charge in [-0.25, -0.2) is 4.79 Å². The number of hydrogen-bond donors (Lipinski definition) is 2. The highest BCUT2D eigenvalue weighted by molar-refractivity contribution is 5.97. The number of carbonyl (C=O) groups is 3. The highest BCUT2D eigenvalue weighted by atomic mass is 16.5. The van der Waals surface area contributed by atoms with Crippen molar-refractivity contribution in [3.63, 3.8) is 0 Å². The normalized spacial score (nSPS) is 19.9. The average Bonchev–Trinajstić information content (AvgIpc) is 2.78. The van der Waals surface area contributed by atoms with Crippen LogP contribution in [0.4, 0.5) is 10.5 Å². The summed E-state index contributed by atoms with van der Waals surface area (Å²) in [6.45, 7) is 5.72. The Morgan fingerprint density at radius 3 is 2.42 bits per heavy atom. The van der Waals surface area contributed by atoms with Crippen LogP contribution in [-0.2, 0) is 16.1 Å². The molecule has 0 radical (unpaired) electrons. The van der Waals surface area contributed by atoms with Gasteiger partial charge in [-0.1, -0.05) is 44.2 Å². The highest BCUT2D eigenvalue weighted by Crippen LogP contribution is 2.42. The molecule has 7 heteroatoms. The topological polar surface area (TPSA) is 87.7 Å².